The van der Waals surface area contributed by atoms with Crippen molar-refractivity contribution < 1.29 is 9.53 Å². The van der Waals surface area contributed by atoms with Crippen LogP contribution in [0, 0.1) is 0 Å². The van der Waals surface area contributed by atoms with E-state index in [1.165, 1.54) is 0 Å². The van der Waals surface area contributed by atoms with Crippen LogP contribution in [0.2, 0.25) is 0 Å². The van der Waals surface area contributed by atoms with Crippen LogP contribution in [-0.4, -0.2) is 17.6 Å². The fourth-order valence-electron chi connectivity index (χ4n) is 2.51. The first-order valence-electron chi connectivity index (χ1n) is 6.36. The number of fused-ring (bicyclic) bond motifs is 3. The van der Waals surface area contributed by atoms with Gasteiger partial charge < -0.3 is 4.74 Å². The van der Waals surface area contributed by atoms with Crippen LogP contribution < -0.4 is 4.74 Å². The van der Waals surface area contributed by atoms with E-state index in [1.807, 2.05) is 49.4 Å². The molecule has 1 aromatic heterocycles. The Morgan fingerprint density at radius 2 is 1.84 bits per heavy atom. The maximum atomic E-state index is 12.2. The maximum Gasteiger partial charge on any atom is 0.231 e. The van der Waals surface area contributed by atoms with Crippen molar-refractivity contribution in [2.24, 2.45) is 0 Å². The normalized spacial score (nSPS) is 11.1. The van der Waals surface area contributed by atoms with E-state index in [9.17, 15) is 4.79 Å². The van der Waals surface area contributed by atoms with Gasteiger partial charge in [0.1, 0.15) is 5.75 Å². The van der Waals surface area contributed by atoms with E-state index < -0.39 is 0 Å². The second-order valence-corrected chi connectivity index (χ2v) is 4.48. The molecule has 3 heteroatoms. The van der Waals surface area contributed by atoms with Crippen molar-refractivity contribution in [3.05, 3.63) is 42.5 Å². The number of hydrogen-bond donors (Lipinski definition) is 0. The molecule has 1 heterocycles. The van der Waals surface area contributed by atoms with Crippen molar-refractivity contribution >= 4 is 27.7 Å². The summed E-state index contributed by atoms with van der Waals surface area (Å²) in [5.41, 5.74) is 1.89. The third-order valence-electron chi connectivity index (χ3n) is 3.43. The van der Waals surface area contributed by atoms with E-state index in [0.29, 0.717) is 6.42 Å². The van der Waals surface area contributed by atoms with Crippen molar-refractivity contribution in [2.45, 2.75) is 13.3 Å². The van der Waals surface area contributed by atoms with E-state index in [4.69, 9.17) is 4.74 Å². The molecular formula is C16H15NO2. The standard InChI is InChI=1S/C16H15NO2/c1-3-16(18)17-14-7-5-4-6-12(14)13-10-11(19-2)8-9-15(13)17/h4-10H,3H2,1-2H3. The van der Waals surface area contributed by atoms with E-state index in [1.54, 1.807) is 11.7 Å². The lowest BCUT2D eigenvalue weighted by Gasteiger charge is -2.04. The molecule has 0 saturated carbocycles. The number of carbonyl (C=O) groups is 1. The molecule has 0 amide bonds. The van der Waals surface area contributed by atoms with Gasteiger partial charge in [0, 0.05) is 17.2 Å². The third kappa shape index (κ3) is 1.70. The zero-order valence-electron chi connectivity index (χ0n) is 11.0. The van der Waals surface area contributed by atoms with Gasteiger partial charge in [-0.2, -0.15) is 0 Å². The second kappa shape index (κ2) is 4.43. The highest BCUT2D eigenvalue weighted by atomic mass is 16.5. The molecule has 3 nitrogen and oxygen atoms in total. The van der Waals surface area contributed by atoms with Crippen LogP contribution in [0.25, 0.3) is 21.8 Å². The van der Waals surface area contributed by atoms with Crippen LogP contribution in [0.1, 0.15) is 18.1 Å². The van der Waals surface area contributed by atoms with Crippen molar-refractivity contribution in [1.82, 2.24) is 4.57 Å². The van der Waals surface area contributed by atoms with Crippen molar-refractivity contribution in [2.75, 3.05) is 7.11 Å². The minimum atomic E-state index is 0.108. The van der Waals surface area contributed by atoms with Crippen LogP contribution in [0.3, 0.4) is 0 Å². The van der Waals surface area contributed by atoms with Crippen LogP contribution in [-0.2, 0) is 0 Å². The van der Waals surface area contributed by atoms with Gasteiger partial charge in [-0.1, -0.05) is 25.1 Å². The Morgan fingerprint density at radius 1 is 1.11 bits per heavy atom. The summed E-state index contributed by atoms with van der Waals surface area (Å²) in [5.74, 6) is 0.913. The molecule has 0 fully saturated rings. The Bertz CT molecular complexity index is 771. The molecular weight excluding hydrogens is 238 g/mol. The molecule has 3 aromatic rings. The Hall–Kier alpha value is -2.29. The average Bonchev–Trinajstić information content (AvgIpc) is 2.80. The van der Waals surface area contributed by atoms with Gasteiger partial charge in [0.2, 0.25) is 5.91 Å². The number of carbonyl (C=O) groups excluding carboxylic acids is 1. The number of benzene rings is 2. The number of hydrogen-bond acceptors (Lipinski definition) is 2. The lowest BCUT2D eigenvalue weighted by Crippen LogP contribution is -2.08. The van der Waals surface area contributed by atoms with E-state index >= 15 is 0 Å². The minimum absolute atomic E-state index is 0.108. The molecule has 3 rings (SSSR count). The quantitative estimate of drug-likeness (QED) is 0.694. The SMILES string of the molecule is CCC(=O)n1c2ccccc2c2cc(OC)ccc21. The largest absolute Gasteiger partial charge is 0.497 e. The van der Waals surface area contributed by atoms with Crippen molar-refractivity contribution in [1.29, 1.82) is 0 Å². The average molecular weight is 253 g/mol. The lowest BCUT2D eigenvalue weighted by atomic mass is 10.1. The molecule has 0 atom stereocenters. The van der Waals surface area contributed by atoms with Gasteiger partial charge >= 0.3 is 0 Å². The zero-order valence-corrected chi connectivity index (χ0v) is 11.0. The molecule has 0 saturated heterocycles. The van der Waals surface area contributed by atoms with Crippen LogP contribution in [0.5, 0.6) is 5.75 Å². The Morgan fingerprint density at radius 3 is 2.58 bits per heavy atom. The summed E-state index contributed by atoms with van der Waals surface area (Å²) in [4.78, 5) is 12.2. The smallest absolute Gasteiger partial charge is 0.231 e. The summed E-state index contributed by atoms with van der Waals surface area (Å²) in [6.45, 7) is 1.88. The van der Waals surface area contributed by atoms with Crippen LogP contribution >= 0.6 is 0 Å². The lowest BCUT2D eigenvalue weighted by molar-refractivity contribution is 0.0919. The summed E-state index contributed by atoms with van der Waals surface area (Å²) in [6.07, 6.45) is 0.486. The van der Waals surface area contributed by atoms with Gasteiger partial charge in [0.05, 0.1) is 18.1 Å². The Labute approximate surface area is 111 Å². The predicted octanol–water partition coefficient (Wildman–Crippen LogP) is 3.85. The first kappa shape index (κ1) is 11.8. The number of ether oxygens (including phenoxy) is 1. The number of methoxy groups -OCH3 is 1. The number of aromatic nitrogens is 1. The molecule has 0 unspecified atom stereocenters. The van der Waals surface area contributed by atoms with Crippen LogP contribution in [0.4, 0.5) is 0 Å². The minimum Gasteiger partial charge on any atom is -0.497 e. The van der Waals surface area contributed by atoms with Gasteiger partial charge in [-0.15, -0.1) is 0 Å². The van der Waals surface area contributed by atoms with Crippen molar-refractivity contribution in [3.8, 4) is 5.75 Å². The van der Waals surface area contributed by atoms with Gasteiger partial charge in [-0.05, 0) is 24.3 Å². The number of rotatable bonds is 2. The first-order chi connectivity index (χ1) is 9.26. The zero-order chi connectivity index (χ0) is 13.4. The second-order valence-electron chi connectivity index (χ2n) is 4.48. The summed E-state index contributed by atoms with van der Waals surface area (Å²) in [7, 11) is 1.65. The number of nitrogens with zero attached hydrogens (tertiary/aromatic N) is 1. The highest BCUT2D eigenvalue weighted by Gasteiger charge is 2.14. The Balaban J connectivity index is 2.47. The van der Waals surface area contributed by atoms with E-state index in [-0.39, 0.29) is 5.91 Å². The van der Waals surface area contributed by atoms with Gasteiger partial charge in [-0.25, -0.2) is 0 Å². The highest BCUT2D eigenvalue weighted by Crippen LogP contribution is 2.31. The Kier molecular flexibility index (Phi) is 2.75. The molecule has 0 spiro atoms. The summed E-state index contributed by atoms with van der Waals surface area (Å²) < 4.78 is 7.07. The van der Waals surface area contributed by atoms with Crippen LogP contribution in [0.15, 0.2) is 42.5 Å². The predicted molar refractivity (Wildman–Crippen MR) is 76.9 cm³/mol. The molecule has 0 bridgehead atoms. The molecule has 96 valence electrons. The molecule has 0 aliphatic heterocycles. The molecule has 0 aliphatic rings. The summed E-state index contributed by atoms with van der Waals surface area (Å²) >= 11 is 0. The van der Waals surface area contributed by atoms with Gasteiger partial charge in [0.25, 0.3) is 0 Å². The molecule has 0 radical (unpaired) electrons. The topological polar surface area (TPSA) is 31.2 Å². The number of para-hydroxylation sites is 1. The van der Waals surface area contributed by atoms with Crippen molar-refractivity contribution in [3.63, 3.8) is 0 Å². The van der Waals surface area contributed by atoms with E-state index in [2.05, 4.69) is 0 Å². The summed E-state index contributed by atoms with van der Waals surface area (Å²) in [6, 6.07) is 13.8. The summed E-state index contributed by atoms with van der Waals surface area (Å²) in [5, 5.41) is 2.13. The fraction of sp³-hybridized carbons (Fsp3) is 0.188. The molecule has 19 heavy (non-hydrogen) atoms. The fourth-order valence-corrected chi connectivity index (χ4v) is 2.51. The highest BCUT2D eigenvalue weighted by molar-refractivity contribution is 6.13. The van der Waals surface area contributed by atoms with Gasteiger partial charge in [-0.3, -0.25) is 9.36 Å². The maximum absolute atomic E-state index is 12.2. The molecule has 2 aromatic carbocycles. The van der Waals surface area contributed by atoms with Gasteiger partial charge in [0.15, 0.2) is 0 Å². The molecule has 0 aliphatic carbocycles. The first-order valence-corrected chi connectivity index (χ1v) is 6.36. The third-order valence-corrected chi connectivity index (χ3v) is 3.43. The van der Waals surface area contributed by atoms with E-state index in [0.717, 1.165) is 27.6 Å². The molecule has 0 N–H and O–H groups in total. The monoisotopic (exact) mass is 253 g/mol.